The monoisotopic (exact) mass is 715 g/mol. The van der Waals surface area contributed by atoms with E-state index in [1.165, 1.54) is 60.8 Å². The van der Waals surface area contributed by atoms with E-state index in [4.69, 9.17) is 5.73 Å². The van der Waals surface area contributed by atoms with Gasteiger partial charge in [-0.15, -0.1) is 0 Å². The minimum absolute atomic E-state index is 0.837. The molecule has 8 aromatic rings. The first-order valence-corrected chi connectivity index (χ1v) is 19.3. The molecule has 0 aromatic heterocycles. The number of hydrogen-bond donors (Lipinski definition) is 1. The number of allylic oxidation sites excluding steroid dienone is 1. The fourth-order valence-corrected chi connectivity index (χ4v) is 6.30. The molecular formula is C54H53N. The zero-order valence-corrected chi connectivity index (χ0v) is 32.7. The molecule has 0 unspecified atom stereocenters. The number of hydrogen-bond acceptors (Lipinski definition) is 1. The summed E-state index contributed by atoms with van der Waals surface area (Å²) in [7, 11) is 0. The van der Waals surface area contributed by atoms with Crippen LogP contribution in [-0.4, -0.2) is 0 Å². The molecule has 8 rings (SSSR count). The third kappa shape index (κ3) is 12.0. The molecule has 0 amide bonds. The van der Waals surface area contributed by atoms with Gasteiger partial charge >= 0.3 is 0 Å². The third-order valence-corrected chi connectivity index (χ3v) is 9.23. The zero-order valence-electron chi connectivity index (χ0n) is 32.7. The zero-order chi connectivity index (χ0) is 38.7. The van der Waals surface area contributed by atoms with E-state index >= 15 is 0 Å². The average Bonchev–Trinajstić information content (AvgIpc) is 3.25. The topological polar surface area (TPSA) is 26.0 Å². The van der Waals surface area contributed by atoms with E-state index in [2.05, 4.69) is 159 Å². The first-order valence-electron chi connectivity index (χ1n) is 19.3. The molecular weight excluding hydrogens is 663 g/mol. The summed E-state index contributed by atoms with van der Waals surface area (Å²) in [6.07, 6.45) is 3.90. The Bertz CT molecular complexity index is 2310. The molecule has 2 N–H and O–H groups in total. The number of aryl methyl sites for hydroxylation is 2. The Labute approximate surface area is 329 Å². The standard InChI is InChI=1S/C30H24.C15H15N.C7H8.C2H6/c1-22-11-15-27(16-12-22)30-28-10-6-5-9-25(28)19-20-29(30)26-17-13-24(14-18-26)21-23-7-3-2-4-8-23;16-15(14-9-5-2-6-10-14)12-11-13-7-3-1-4-8-13;1-7-5-3-2-4-6-7;1-2/h2-20H,21H2,1H3;1-10,12H,11,16H2;2-6H,1H3;1-2H3/b;15-12-;;. The molecule has 0 spiro atoms. The van der Waals surface area contributed by atoms with Crippen molar-refractivity contribution >= 4 is 16.5 Å². The smallest absolute Gasteiger partial charge is 0.0350 e. The van der Waals surface area contributed by atoms with Crippen LogP contribution in [0.3, 0.4) is 0 Å². The highest BCUT2D eigenvalue weighted by Crippen LogP contribution is 2.38. The minimum Gasteiger partial charge on any atom is -0.398 e. The average molecular weight is 716 g/mol. The molecule has 0 heterocycles. The van der Waals surface area contributed by atoms with Gasteiger partial charge in [0.05, 0.1) is 0 Å². The van der Waals surface area contributed by atoms with E-state index < -0.39 is 0 Å². The summed E-state index contributed by atoms with van der Waals surface area (Å²) in [5.41, 5.74) is 19.6. The fraction of sp³-hybridized carbons (Fsp3) is 0.111. The van der Waals surface area contributed by atoms with Gasteiger partial charge < -0.3 is 5.73 Å². The van der Waals surface area contributed by atoms with Gasteiger partial charge in [0, 0.05) is 5.70 Å². The highest BCUT2D eigenvalue weighted by atomic mass is 14.6. The molecule has 0 saturated carbocycles. The first-order chi connectivity index (χ1) is 27.0. The van der Waals surface area contributed by atoms with Crippen molar-refractivity contribution in [1.82, 2.24) is 0 Å². The van der Waals surface area contributed by atoms with Crippen molar-refractivity contribution < 1.29 is 0 Å². The second kappa shape index (κ2) is 21.3. The van der Waals surface area contributed by atoms with Gasteiger partial charge in [0.2, 0.25) is 0 Å². The fourth-order valence-electron chi connectivity index (χ4n) is 6.30. The quantitative estimate of drug-likeness (QED) is 0.175. The van der Waals surface area contributed by atoms with Gasteiger partial charge in [-0.2, -0.15) is 0 Å². The molecule has 0 aliphatic rings. The molecule has 274 valence electrons. The van der Waals surface area contributed by atoms with Crippen molar-refractivity contribution in [2.45, 2.75) is 40.5 Å². The van der Waals surface area contributed by atoms with Gasteiger partial charge in [0.1, 0.15) is 0 Å². The molecule has 0 radical (unpaired) electrons. The van der Waals surface area contributed by atoms with E-state index in [0.29, 0.717) is 0 Å². The largest absolute Gasteiger partial charge is 0.398 e. The van der Waals surface area contributed by atoms with Crippen LogP contribution in [-0.2, 0) is 12.8 Å². The molecule has 0 aliphatic carbocycles. The summed E-state index contributed by atoms with van der Waals surface area (Å²) >= 11 is 0. The van der Waals surface area contributed by atoms with E-state index in [9.17, 15) is 0 Å². The number of fused-ring (bicyclic) bond motifs is 1. The van der Waals surface area contributed by atoms with Gasteiger partial charge in [0.25, 0.3) is 0 Å². The number of rotatable bonds is 7. The number of nitrogens with two attached hydrogens (primary N) is 1. The molecule has 0 atom stereocenters. The van der Waals surface area contributed by atoms with Crippen LogP contribution >= 0.6 is 0 Å². The van der Waals surface area contributed by atoms with Crippen LogP contribution in [0.1, 0.15) is 47.2 Å². The summed E-state index contributed by atoms with van der Waals surface area (Å²) in [6.45, 7) is 8.22. The lowest BCUT2D eigenvalue weighted by Gasteiger charge is -2.15. The second-order valence-electron chi connectivity index (χ2n) is 13.3. The maximum atomic E-state index is 6.00. The first kappa shape index (κ1) is 39.8. The second-order valence-corrected chi connectivity index (χ2v) is 13.3. The predicted octanol–water partition coefficient (Wildman–Crippen LogP) is 14.3. The Balaban J connectivity index is 0.000000193. The molecule has 0 aliphatic heterocycles. The number of benzene rings is 8. The van der Waals surface area contributed by atoms with Crippen molar-refractivity contribution in [3.8, 4) is 22.3 Å². The van der Waals surface area contributed by atoms with Crippen LogP contribution in [0, 0.1) is 13.8 Å². The summed E-state index contributed by atoms with van der Waals surface area (Å²) < 4.78 is 0. The maximum Gasteiger partial charge on any atom is 0.0350 e. The third-order valence-electron chi connectivity index (χ3n) is 9.23. The van der Waals surface area contributed by atoms with E-state index in [1.807, 2.05) is 80.6 Å². The van der Waals surface area contributed by atoms with Crippen LogP contribution in [0.25, 0.3) is 38.7 Å². The molecule has 0 saturated heterocycles. The Kier molecular flexibility index (Phi) is 15.4. The maximum absolute atomic E-state index is 6.00. The lowest BCUT2D eigenvalue weighted by atomic mass is 9.89. The van der Waals surface area contributed by atoms with Gasteiger partial charge in [-0.05, 0) is 82.0 Å². The van der Waals surface area contributed by atoms with E-state index in [0.717, 1.165) is 24.1 Å². The summed E-state index contributed by atoms with van der Waals surface area (Å²) in [6, 6.07) is 72.4. The van der Waals surface area contributed by atoms with Gasteiger partial charge in [-0.1, -0.05) is 237 Å². The Morgan fingerprint density at radius 1 is 0.436 bits per heavy atom. The SMILES string of the molecule is CC.Cc1ccc(-c2c(-c3ccc(Cc4ccccc4)cc3)ccc3ccccc23)cc1.Cc1ccccc1.N/C(=C\Cc1ccccc1)c1ccccc1. The molecule has 0 bridgehead atoms. The molecule has 0 fully saturated rings. The van der Waals surface area contributed by atoms with Crippen molar-refractivity contribution in [2.24, 2.45) is 5.73 Å². The van der Waals surface area contributed by atoms with Crippen LogP contribution in [0.5, 0.6) is 0 Å². The van der Waals surface area contributed by atoms with E-state index in [-0.39, 0.29) is 0 Å². The van der Waals surface area contributed by atoms with Gasteiger partial charge in [0.15, 0.2) is 0 Å². The lowest BCUT2D eigenvalue weighted by molar-refractivity contribution is 1.19. The summed E-state index contributed by atoms with van der Waals surface area (Å²) in [5.74, 6) is 0. The van der Waals surface area contributed by atoms with Crippen LogP contribution in [0.2, 0.25) is 0 Å². The van der Waals surface area contributed by atoms with Crippen LogP contribution < -0.4 is 5.73 Å². The van der Waals surface area contributed by atoms with Crippen LogP contribution in [0.15, 0.2) is 212 Å². The van der Waals surface area contributed by atoms with Crippen molar-refractivity contribution in [3.05, 3.63) is 246 Å². The van der Waals surface area contributed by atoms with Gasteiger partial charge in [-0.3, -0.25) is 0 Å². The molecule has 1 heteroatoms. The van der Waals surface area contributed by atoms with Crippen molar-refractivity contribution in [3.63, 3.8) is 0 Å². The van der Waals surface area contributed by atoms with E-state index in [1.54, 1.807) is 0 Å². The molecule has 55 heavy (non-hydrogen) atoms. The summed E-state index contributed by atoms with van der Waals surface area (Å²) in [4.78, 5) is 0. The van der Waals surface area contributed by atoms with Gasteiger partial charge in [-0.25, -0.2) is 0 Å². The van der Waals surface area contributed by atoms with Crippen molar-refractivity contribution in [2.75, 3.05) is 0 Å². The Morgan fingerprint density at radius 3 is 1.49 bits per heavy atom. The normalized spacial score (nSPS) is 10.5. The highest BCUT2D eigenvalue weighted by Gasteiger charge is 2.12. The highest BCUT2D eigenvalue weighted by molar-refractivity contribution is 6.04. The van der Waals surface area contributed by atoms with Crippen LogP contribution in [0.4, 0.5) is 0 Å². The lowest BCUT2D eigenvalue weighted by Crippen LogP contribution is -1.96. The minimum atomic E-state index is 0.837. The molecule has 1 nitrogen and oxygen atoms in total. The molecule has 8 aromatic carbocycles. The predicted molar refractivity (Wildman–Crippen MR) is 240 cm³/mol. The van der Waals surface area contributed by atoms with Crippen molar-refractivity contribution in [1.29, 1.82) is 0 Å². The Hall–Kier alpha value is -6.44. The summed E-state index contributed by atoms with van der Waals surface area (Å²) in [5, 5.41) is 2.57. The Morgan fingerprint density at radius 2 is 0.909 bits per heavy atom.